The monoisotopic (exact) mass is 353 g/mol. The van der Waals surface area contributed by atoms with Gasteiger partial charge >= 0.3 is 0 Å². The van der Waals surface area contributed by atoms with E-state index >= 15 is 0 Å². The van der Waals surface area contributed by atoms with Gasteiger partial charge in [-0.15, -0.1) is 0 Å². The van der Waals surface area contributed by atoms with Crippen molar-refractivity contribution in [2.24, 2.45) is 16.6 Å². The number of benzene rings is 1. The summed E-state index contributed by atoms with van der Waals surface area (Å²) in [6.07, 6.45) is 4.00. The molecule has 1 aromatic carbocycles. The fraction of sp³-hybridized carbons (Fsp3) is 0.450. The maximum atomic E-state index is 6.03. The van der Waals surface area contributed by atoms with E-state index in [4.69, 9.17) is 10.5 Å². The molecule has 0 unspecified atom stereocenters. The number of hydrogen-bond donors (Lipinski definition) is 1. The van der Waals surface area contributed by atoms with Gasteiger partial charge in [0.15, 0.2) is 0 Å². The first kappa shape index (κ1) is 18.3. The van der Waals surface area contributed by atoms with Gasteiger partial charge in [0.25, 0.3) is 0 Å². The number of aliphatic imine (C=N–C) groups is 1. The quantitative estimate of drug-likeness (QED) is 0.637. The summed E-state index contributed by atoms with van der Waals surface area (Å²) in [4.78, 5) is 6.48. The maximum absolute atomic E-state index is 6.03. The number of hydrogen-bond acceptors (Lipinski definition) is 5. The van der Waals surface area contributed by atoms with Crippen LogP contribution in [-0.4, -0.2) is 47.7 Å². The molecule has 0 bridgehead atoms. The molecule has 0 spiro atoms. The minimum Gasteiger partial charge on any atom is -0.493 e. The molecule has 0 atom stereocenters. The van der Waals surface area contributed by atoms with Gasteiger partial charge < -0.3 is 10.5 Å². The Kier molecular flexibility index (Phi) is 6.17. The molecule has 26 heavy (non-hydrogen) atoms. The zero-order chi connectivity index (χ0) is 18.4. The predicted molar refractivity (Wildman–Crippen MR) is 103 cm³/mol. The van der Waals surface area contributed by atoms with Crippen molar-refractivity contribution in [2.75, 3.05) is 26.7 Å². The summed E-state index contributed by atoms with van der Waals surface area (Å²) >= 11 is 0. The second-order valence-electron chi connectivity index (χ2n) is 6.83. The van der Waals surface area contributed by atoms with Gasteiger partial charge in [-0.05, 0) is 74.7 Å². The lowest BCUT2D eigenvalue weighted by Gasteiger charge is -2.31. The molecule has 0 radical (unpaired) electrons. The number of likely N-dealkylation sites (tertiary alicyclic amines) is 1. The van der Waals surface area contributed by atoms with Crippen LogP contribution in [0.25, 0.3) is 0 Å². The third-order valence-electron chi connectivity index (χ3n) is 4.92. The maximum Gasteiger partial charge on any atom is 0.125 e. The molecular formula is C20H27N5O. The molecule has 0 saturated carbocycles. The minimum absolute atomic E-state index is 0.560. The van der Waals surface area contributed by atoms with Crippen LogP contribution in [0.4, 0.5) is 0 Å². The number of aryl methyl sites for hydroxylation is 1. The highest BCUT2D eigenvalue weighted by atomic mass is 16.5. The number of aromatic nitrogens is 2. The molecule has 3 rings (SSSR count). The number of nitrogens with two attached hydrogens (primary N) is 1. The molecule has 1 aliphatic heterocycles. The average Bonchev–Trinajstić information content (AvgIpc) is 2.68. The van der Waals surface area contributed by atoms with Gasteiger partial charge in [0.05, 0.1) is 12.3 Å². The largest absolute Gasteiger partial charge is 0.493 e. The second kappa shape index (κ2) is 8.76. The number of nitrogens with zero attached hydrogens (tertiary/aromatic N) is 4. The Bertz CT molecular complexity index is 739. The van der Waals surface area contributed by atoms with Gasteiger partial charge in [0.2, 0.25) is 0 Å². The zero-order valence-electron chi connectivity index (χ0n) is 15.6. The lowest BCUT2D eigenvalue weighted by Crippen LogP contribution is -2.35. The van der Waals surface area contributed by atoms with Crippen molar-refractivity contribution < 1.29 is 4.74 Å². The van der Waals surface area contributed by atoms with E-state index in [-0.39, 0.29) is 0 Å². The molecule has 2 N–H and O–H groups in total. The lowest BCUT2D eigenvalue weighted by atomic mass is 9.97. The Labute approximate surface area is 155 Å². The number of amidine groups is 1. The number of piperidine rings is 1. The molecule has 2 aromatic rings. The Hall–Kier alpha value is -2.47. The van der Waals surface area contributed by atoms with Crippen LogP contribution in [0.2, 0.25) is 0 Å². The van der Waals surface area contributed by atoms with Gasteiger partial charge in [-0.25, -0.2) is 0 Å². The van der Waals surface area contributed by atoms with Crippen molar-refractivity contribution in [2.45, 2.75) is 26.3 Å². The van der Waals surface area contributed by atoms with Crippen LogP contribution in [0, 0.1) is 12.8 Å². The third-order valence-corrected chi connectivity index (χ3v) is 4.92. The van der Waals surface area contributed by atoms with Crippen molar-refractivity contribution in [3.05, 3.63) is 53.3 Å². The van der Waals surface area contributed by atoms with Crippen molar-refractivity contribution in [1.82, 2.24) is 15.1 Å². The summed E-state index contributed by atoms with van der Waals surface area (Å²) in [7, 11) is 1.70. The van der Waals surface area contributed by atoms with E-state index in [0.717, 1.165) is 61.7 Å². The van der Waals surface area contributed by atoms with E-state index < -0.39 is 0 Å². The number of ether oxygens (including phenoxy) is 1. The highest BCUT2D eigenvalue weighted by Gasteiger charge is 2.20. The highest BCUT2D eigenvalue weighted by molar-refractivity contribution is 5.98. The van der Waals surface area contributed by atoms with E-state index in [2.05, 4.69) is 20.1 Å². The molecule has 0 aliphatic carbocycles. The average molecular weight is 353 g/mol. The second-order valence-corrected chi connectivity index (χ2v) is 6.83. The first-order valence-electron chi connectivity index (χ1n) is 9.10. The van der Waals surface area contributed by atoms with Crippen LogP contribution in [0.15, 0.2) is 41.5 Å². The molecule has 1 aromatic heterocycles. The zero-order valence-corrected chi connectivity index (χ0v) is 15.6. The summed E-state index contributed by atoms with van der Waals surface area (Å²) in [5.74, 6) is 2.05. The molecule has 2 heterocycles. The third kappa shape index (κ3) is 4.79. The standard InChI is InChI=1S/C20H27N5O/c1-15-12-18(5-6-19(15)20(21)22-2)26-14-16-7-10-25(11-8-16)13-17-4-3-9-23-24-17/h3-6,9,12,16H,7-8,10-11,13-14H2,1-2H3,(H2,21,22). The molecule has 1 fully saturated rings. The Balaban J connectivity index is 1.46. The summed E-state index contributed by atoms with van der Waals surface area (Å²) in [5, 5.41) is 8.11. The van der Waals surface area contributed by atoms with Crippen molar-refractivity contribution in [1.29, 1.82) is 0 Å². The van der Waals surface area contributed by atoms with Crippen LogP contribution < -0.4 is 10.5 Å². The van der Waals surface area contributed by atoms with Crippen LogP contribution in [0.3, 0.4) is 0 Å². The van der Waals surface area contributed by atoms with Gasteiger partial charge in [-0.3, -0.25) is 9.89 Å². The Morgan fingerprint density at radius 1 is 1.31 bits per heavy atom. The summed E-state index contributed by atoms with van der Waals surface area (Å²) < 4.78 is 6.03. The van der Waals surface area contributed by atoms with Crippen molar-refractivity contribution >= 4 is 5.84 Å². The first-order chi connectivity index (χ1) is 12.7. The van der Waals surface area contributed by atoms with Crippen molar-refractivity contribution in [3.63, 3.8) is 0 Å². The molecule has 6 heteroatoms. The smallest absolute Gasteiger partial charge is 0.125 e. The van der Waals surface area contributed by atoms with Gasteiger partial charge in [-0.2, -0.15) is 10.2 Å². The predicted octanol–water partition coefficient (Wildman–Crippen LogP) is 2.41. The summed E-state index contributed by atoms with van der Waals surface area (Å²) in [6.45, 7) is 5.82. The first-order valence-corrected chi connectivity index (χ1v) is 9.10. The van der Waals surface area contributed by atoms with Crippen molar-refractivity contribution in [3.8, 4) is 5.75 Å². The normalized spacial score (nSPS) is 16.6. The van der Waals surface area contributed by atoms with Crippen LogP contribution in [0.1, 0.15) is 29.7 Å². The van der Waals surface area contributed by atoms with E-state index in [1.54, 1.807) is 13.2 Å². The summed E-state index contributed by atoms with van der Waals surface area (Å²) in [6, 6.07) is 9.97. The van der Waals surface area contributed by atoms with E-state index in [1.165, 1.54) is 0 Å². The number of rotatable bonds is 6. The van der Waals surface area contributed by atoms with E-state index in [0.29, 0.717) is 11.8 Å². The topological polar surface area (TPSA) is 76.6 Å². The Morgan fingerprint density at radius 2 is 2.12 bits per heavy atom. The minimum atomic E-state index is 0.560. The van der Waals surface area contributed by atoms with E-state index in [1.807, 2.05) is 37.3 Å². The Morgan fingerprint density at radius 3 is 2.77 bits per heavy atom. The van der Waals surface area contributed by atoms with Gasteiger partial charge in [-0.1, -0.05) is 0 Å². The van der Waals surface area contributed by atoms with Crippen LogP contribution >= 0.6 is 0 Å². The molecule has 1 saturated heterocycles. The van der Waals surface area contributed by atoms with Crippen LogP contribution in [-0.2, 0) is 6.54 Å². The van der Waals surface area contributed by atoms with Crippen LogP contribution in [0.5, 0.6) is 5.75 Å². The summed E-state index contributed by atoms with van der Waals surface area (Å²) in [5.41, 5.74) is 8.99. The molecule has 6 nitrogen and oxygen atoms in total. The lowest BCUT2D eigenvalue weighted by molar-refractivity contribution is 0.135. The fourth-order valence-electron chi connectivity index (χ4n) is 3.31. The molecule has 0 amide bonds. The molecule has 1 aliphatic rings. The SMILES string of the molecule is CN=C(N)c1ccc(OCC2CCN(Cc3cccnn3)CC2)cc1C. The van der Waals surface area contributed by atoms with Gasteiger partial charge in [0.1, 0.15) is 11.6 Å². The molecule has 138 valence electrons. The van der Waals surface area contributed by atoms with Gasteiger partial charge in [0, 0.05) is 25.4 Å². The molecular weight excluding hydrogens is 326 g/mol. The van der Waals surface area contributed by atoms with E-state index in [9.17, 15) is 0 Å². The fourth-order valence-corrected chi connectivity index (χ4v) is 3.31. The highest BCUT2D eigenvalue weighted by Crippen LogP contribution is 2.22.